The van der Waals surface area contributed by atoms with E-state index in [2.05, 4.69) is 0 Å². The van der Waals surface area contributed by atoms with Gasteiger partial charge in [0, 0.05) is 25.7 Å². The molecule has 0 aromatic heterocycles. The van der Waals surface area contributed by atoms with Crippen molar-refractivity contribution in [3.8, 4) is 0 Å². The smallest absolute Gasteiger partial charge is 0.169 e. The van der Waals surface area contributed by atoms with Gasteiger partial charge in [-0.15, -0.1) is 0 Å². The number of hydrogen-bond donors (Lipinski definition) is 2. The Bertz CT molecular complexity index is 386. The highest BCUT2D eigenvalue weighted by atomic mass is 16.8. The second-order valence-electron chi connectivity index (χ2n) is 7.55. The quantitative estimate of drug-likeness (QED) is 0.690. The topological polar surface area (TPSA) is 77.4 Å². The van der Waals surface area contributed by atoms with Crippen LogP contribution in [0.5, 0.6) is 0 Å². The lowest BCUT2D eigenvalue weighted by atomic mass is 9.85. The van der Waals surface area contributed by atoms with Gasteiger partial charge in [-0.3, -0.25) is 0 Å². The van der Waals surface area contributed by atoms with E-state index in [1.807, 2.05) is 0 Å². The van der Waals surface area contributed by atoms with Crippen LogP contribution in [-0.4, -0.2) is 58.4 Å². The third-order valence-corrected chi connectivity index (χ3v) is 6.13. The Balaban J connectivity index is 1.42. The van der Waals surface area contributed by atoms with E-state index >= 15 is 0 Å². The molecule has 2 spiro atoms. The van der Waals surface area contributed by atoms with Crippen molar-refractivity contribution in [2.75, 3.05) is 0 Å². The van der Waals surface area contributed by atoms with E-state index in [-0.39, 0.29) is 0 Å². The number of fused-ring (bicyclic) bond motifs is 2. The molecule has 0 radical (unpaired) electrons. The van der Waals surface area contributed by atoms with Gasteiger partial charge < -0.3 is 29.2 Å². The van der Waals surface area contributed by atoms with Gasteiger partial charge in [0.25, 0.3) is 0 Å². The van der Waals surface area contributed by atoms with E-state index in [1.54, 1.807) is 0 Å². The zero-order valence-electron chi connectivity index (χ0n) is 12.6. The van der Waals surface area contributed by atoms with Crippen LogP contribution in [0.4, 0.5) is 0 Å². The van der Waals surface area contributed by atoms with Crippen molar-refractivity contribution in [3.05, 3.63) is 0 Å². The van der Waals surface area contributed by atoms with Crippen molar-refractivity contribution in [3.63, 3.8) is 0 Å². The molecule has 6 atom stereocenters. The molecule has 6 heteroatoms. The highest BCUT2D eigenvalue weighted by Crippen LogP contribution is 2.51. The minimum Gasteiger partial charge on any atom is -0.387 e. The monoisotopic (exact) mass is 312 g/mol. The first-order valence-corrected chi connectivity index (χ1v) is 8.69. The zero-order valence-corrected chi connectivity index (χ0v) is 12.6. The van der Waals surface area contributed by atoms with Gasteiger partial charge in [0.15, 0.2) is 11.6 Å². The Morgan fingerprint density at radius 1 is 0.545 bits per heavy atom. The van der Waals surface area contributed by atoms with E-state index in [4.69, 9.17) is 18.9 Å². The molecular weight excluding hydrogens is 288 g/mol. The zero-order chi connectivity index (χ0) is 14.9. The fraction of sp³-hybridized carbons (Fsp3) is 1.00. The third kappa shape index (κ3) is 1.82. The molecule has 0 amide bonds. The van der Waals surface area contributed by atoms with Crippen LogP contribution < -0.4 is 0 Å². The molecule has 2 heterocycles. The first-order valence-electron chi connectivity index (χ1n) is 8.69. The summed E-state index contributed by atoms with van der Waals surface area (Å²) in [6, 6.07) is 0. The number of hydrogen-bond acceptors (Lipinski definition) is 6. The highest BCUT2D eigenvalue weighted by Gasteiger charge is 2.65. The number of aliphatic hydroxyl groups excluding tert-OH is 2. The highest BCUT2D eigenvalue weighted by molar-refractivity contribution is 5.09. The van der Waals surface area contributed by atoms with Crippen LogP contribution in [0.2, 0.25) is 0 Å². The lowest BCUT2D eigenvalue weighted by Gasteiger charge is -2.38. The summed E-state index contributed by atoms with van der Waals surface area (Å²) in [6.07, 6.45) is 3.90. The van der Waals surface area contributed by atoms with E-state index in [1.165, 1.54) is 0 Å². The fourth-order valence-corrected chi connectivity index (χ4v) is 5.04. The predicted octanol–water partition coefficient (Wildman–Crippen LogP) is 0.830. The molecule has 2 N–H and O–H groups in total. The maximum atomic E-state index is 10.7. The molecule has 5 aliphatic rings. The summed E-state index contributed by atoms with van der Waals surface area (Å²) >= 11 is 0. The number of rotatable bonds is 0. The molecule has 2 aliphatic heterocycles. The second kappa shape index (κ2) is 4.65. The summed E-state index contributed by atoms with van der Waals surface area (Å²) in [6.45, 7) is 0. The summed E-state index contributed by atoms with van der Waals surface area (Å²) in [4.78, 5) is 0. The minimum absolute atomic E-state index is 0.519. The molecule has 6 nitrogen and oxygen atoms in total. The van der Waals surface area contributed by atoms with Gasteiger partial charge in [0.1, 0.15) is 36.6 Å². The normalized spacial score (nSPS) is 51.5. The number of ether oxygens (including phenoxy) is 4. The maximum Gasteiger partial charge on any atom is 0.169 e. The summed E-state index contributed by atoms with van der Waals surface area (Å²) in [5, 5.41) is 21.5. The van der Waals surface area contributed by atoms with Crippen LogP contribution in [0.15, 0.2) is 0 Å². The second-order valence-corrected chi connectivity index (χ2v) is 7.55. The summed E-state index contributed by atoms with van der Waals surface area (Å²) < 4.78 is 24.4. The summed E-state index contributed by atoms with van der Waals surface area (Å²) in [7, 11) is 0. The van der Waals surface area contributed by atoms with Crippen LogP contribution in [0.1, 0.15) is 51.4 Å². The van der Waals surface area contributed by atoms with E-state index in [9.17, 15) is 10.2 Å². The first-order chi connectivity index (χ1) is 10.6. The first kappa shape index (κ1) is 14.1. The van der Waals surface area contributed by atoms with Crippen LogP contribution in [0.3, 0.4) is 0 Å². The Kier molecular flexibility index (Phi) is 2.99. The molecule has 5 rings (SSSR count). The predicted molar refractivity (Wildman–Crippen MR) is 73.9 cm³/mol. The van der Waals surface area contributed by atoms with Gasteiger partial charge in [-0.1, -0.05) is 0 Å². The molecule has 0 bridgehead atoms. The van der Waals surface area contributed by atoms with E-state index < -0.39 is 48.2 Å². The lowest BCUT2D eigenvalue weighted by Crippen LogP contribution is -2.61. The Hall–Kier alpha value is -0.240. The summed E-state index contributed by atoms with van der Waals surface area (Å²) in [5.74, 6) is -1.22. The van der Waals surface area contributed by atoms with Crippen LogP contribution in [0.25, 0.3) is 0 Å². The van der Waals surface area contributed by atoms with Gasteiger partial charge in [-0.2, -0.15) is 0 Å². The van der Waals surface area contributed by atoms with Crippen molar-refractivity contribution in [2.24, 2.45) is 0 Å². The van der Waals surface area contributed by atoms with Crippen molar-refractivity contribution >= 4 is 0 Å². The van der Waals surface area contributed by atoms with Crippen molar-refractivity contribution in [2.45, 2.75) is 99.6 Å². The van der Waals surface area contributed by atoms with Crippen molar-refractivity contribution in [1.82, 2.24) is 0 Å². The van der Waals surface area contributed by atoms with Gasteiger partial charge in [0.2, 0.25) is 0 Å². The molecule has 5 fully saturated rings. The van der Waals surface area contributed by atoms with Crippen molar-refractivity contribution < 1.29 is 29.2 Å². The maximum absolute atomic E-state index is 10.7. The van der Waals surface area contributed by atoms with Gasteiger partial charge >= 0.3 is 0 Å². The van der Waals surface area contributed by atoms with Gasteiger partial charge in [-0.05, 0) is 25.7 Å². The van der Waals surface area contributed by atoms with Crippen molar-refractivity contribution in [1.29, 1.82) is 0 Å². The average molecular weight is 312 g/mol. The van der Waals surface area contributed by atoms with Crippen LogP contribution in [-0.2, 0) is 18.9 Å². The molecule has 124 valence electrons. The third-order valence-electron chi connectivity index (χ3n) is 6.13. The molecular formula is C16H24O6. The van der Waals surface area contributed by atoms with Gasteiger partial charge in [-0.25, -0.2) is 0 Å². The molecule has 0 aromatic carbocycles. The minimum atomic E-state index is -0.807. The number of aliphatic hydroxyl groups is 2. The van der Waals surface area contributed by atoms with Crippen LogP contribution in [0, 0.1) is 0 Å². The summed E-state index contributed by atoms with van der Waals surface area (Å²) in [5.41, 5.74) is 0. The SMILES string of the molecule is OC1[C@H]2OC3(CCCC3)O[C@@H]2C(O)[C@@H]2OC3(CCCC3)O[C@H]12. The lowest BCUT2D eigenvalue weighted by molar-refractivity contribution is -0.202. The molecule has 3 saturated carbocycles. The molecule has 0 aromatic rings. The fourth-order valence-electron chi connectivity index (χ4n) is 5.04. The molecule has 3 aliphatic carbocycles. The molecule has 22 heavy (non-hydrogen) atoms. The Morgan fingerprint density at radius 3 is 1.09 bits per heavy atom. The average Bonchev–Trinajstić information content (AvgIpc) is 3.27. The molecule has 2 unspecified atom stereocenters. The Morgan fingerprint density at radius 2 is 0.818 bits per heavy atom. The standard InChI is InChI=1S/C16H24O6/c17-9-11-12(20-15(19-11)5-1-2-6-15)10(18)14-13(9)21-16(22-14)7-3-4-8-16/h9-14,17-18H,1-8H2/t9?,10?,11-,12-,13-,14+/m1/s1. The largest absolute Gasteiger partial charge is 0.387 e. The van der Waals surface area contributed by atoms with E-state index in [0.717, 1.165) is 51.4 Å². The van der Waals surface area contributed by atoms with Gasteiger partial charge in [0.05, 0.1) is 0 Å². The Labute approximate surface area is 129 Å². The molecule has 2 saturated heterocycles. The van der Waals surface area contributed by atoms with Crippen LogP contribution >= 0.6 is 0 Å². The van der Waals surface area contributed by atoms with E-state index in [0.29, 0.717) is 0 Å².